The summed E-state index contributed by atoms with van der Waals surface area (Å²) in [5, 5.41) is 8.10. The van der Waals surface area contributed by atoms with E-state index in [0.717, 1.165) is 12.8 Å². The van der Waals surface area contributed by atoms with Crippen molar-refractivity contribution < 1.29 is 41.2 Å². The minimum Gasteiger partial charge on any atom is -0.363 e. The van der Waals surface area contributed by atoms with Crippen molar-refractivity contribution in [1.29, 1.82) is 0 Å². The predicted octanol–water partition coefficient (Wildman–Crippen LogP) is 2.68. The third kappa shape index (κ3) is 7.96. The number of piperidine rings is 1. The second-order valence-corrected chi connectivity index (χ2v) is 20.0. The lowest BCUT2D eigenvalue weighted by atomic mass is 9.81. The van der Waals surface area contributed by atoms with E-state index < -0.39 is 97.7 Å². The molecule has 12 nitrogen and oxygen atoms in total. The molecule has 4 rings (SSSR count). The fraction of sp³-hybridized carbons (Fsp3) is 0.848. The smallest absolute Gasteiger partial charge is 0.315 e. The van der Waals surface area contributed by atoms with Gasteiger partial charge in [0, 0.05) is 19.4 Å². The lowest BCUT2D eigenvalue weighted by molar-refractivity contribution is -0.145. The molecular weight excluding hydrogens is 648 g/mol. The number of amides is 5. The second kappa shape index (κ2) is 12.5. The van der Waals surface area contributed by atoms with Crippen molar-refractivity contribution in [3.8, 4) is 0 Å². The average molecular weight is 702 g/mol. The molecule has 5 N–H and O–H groups in total. The number of likely N-dealkylation sites (tertiary alicyclic amines) is 1. The first-order valence-electron chi connectivity index (χ1n) is 16.8. The largest absolute Gasteiger partial charge is 0.363 e. The summed E-state index contributed by atoms with van der Waals surface area (Å²) in [6.07, 6.45) is 0.283. The van der Waals surface area contributed by atoms with Gasteiger partial charge in [-0.2, -0.15) is 0 Å². The number of carbonyl (C=O) groups excluding carboxylic acids is 5. The molecule has 15 heteroatoms. The Morgan fingerprint density at radius 1 is 0.938 bits per heavy atom. The highest BCUT2D eigenvalue weighted by Gasteiger charge is 2.70. The summed E-state index contributed by atoms with van der Waals surface area (Å²) in [6.45, 7) is 13.9. The summed E-state index contributed by atoms with van der Waals surface area (Å²) in [7, 11) is -3.84. The molecule has 0 aromatic carbocycles. The number of alkyl halides is 2. The van der Waals surface area contributed by atoms with E-state index in [1.807, 2.05) is 13.8 Å². The van der Waals surface area contributed by atoms with Crippen LogP contribution in [-0.4, -0.2) is 89.5 Å². The number of sulfone groups is 1. The number of Topliss-reactive ketones (excluding diaryl/α,β-unsaturated/α-hetero) is 1. The van der Waals surface area contributed by atoms with Gasteiger partial charge in [-0.05, 0) is 68.6 Å². The van der Waals surface area contributed by atoms with Crippen LogP contribution in [0.3, 0.4) is 0 Å². The SMILES string of the molecule is CC(C)(C)C(NC(=O)NC1(CS(=O)(=O)C(C)(C)C)CCC(F)(F)CC1)C(=O)N1CC2C(C1C(=O)NC(CC1CC1)C(=O)C(N)=O)C2(C)C. The quantitative estimate of drug-likeness (QED) is 0.239. The monoisotopic (exact) mass is 701 g/mol. The lowest BCUT2D eigenvalue weighted by Gasteiger charge is -2.43. The Kier molecular flexibility index (Phi) is 9.88. The van der Waals surface area contributed by atoms with Gasteiger partial charge < -0.3 is 26.6 Å². The minimum absolute atomic E-state index is 0.0184. The Labute approximate surface area is 282 Å². The molecule has 0 aromatic heterocycles. The van der Waals surface area contributed by atoms with Crippen LogP contribution < -0.4 is 21.7 Å². The maximum atomic E-state index is 14.3. The van der Waals surface area contributed by atoms with Gasteiger partial charge in [0.15, 0.2) is 9.84 Å². The third-order valence-corrected chi connectivity index (χ3v) is 13.8. The van der Waals surface area contributed by atoms with Gasteiger partial charge in [-0.15, -0.1) is 0 Å². The molecule has 0 spiro atoms. The topological polar surface area (TPSA) is 185 Å². The van der Waals surface area contributed by atoms with Crippen LogP contribution in [-0.2, 0) is 29.0 Å². The van der Waals surface area contributed by atoms with Crippen LogP contribution in [0.1, 0.15) is 100 Å². The Morgan fingerprint density at radius 2 is 1.50 bits per heavy atom. The van der Waals surface area contributed by atoms with Gasteiger partial charge in [0.1, 0.15) is 12.1 Å². The second-order valence-electron chi connectivity index (χ2n) is 17.3. The summed E-state index contributed by atoms with van der Waals surface area (Å²) < 4.78 is 53.7. The molecule has 48 heavy (non-hydrogen) atoms. The summed E-state index contributed by atoms with van der Waals surface area (Å²) in [4.78, 5) is 67.6. The molecule has 5 amide bonds. The zero-order valence-corrected chi connectivity index (χ0v) is 30.2. The highest BCUT2D eigenvalue weighted by atomic mass is 32.2. The van der Waals surface area contributed by atoms with Gasteiger partial charge in [-0.3, -0.25) is 19.2 Å². The first kappa shape index (κ1) is 38.0. The van der Waals surface area contributed by atoms with Crippen LogP contribution in [0.15, 0.2) is 0 Å². The van der Waals surface area contributed by atoms with Crippen LogP contribution in [0.5, 0.6) is 0 Å². The number of fused-ring (bicyclic) bond motifs is 1. The number of hydrogen-bond donors (Lipinski definition) is 4. The van der Waals surface area contributed by atoms with Crippen LogP contribution in [0, 0.1) is 28.6 Å². The van der Waals surface area contributed by atoms with Crippen molar-refractivity contribution in [2.24, 2.45) is 34.3 Å². The number of carbonyl (C=O) groups is 5. The molecule has 272 valence electrons. The molecule has 0 radical (unpaired) electrons. The number of nitrogens with two attached hydrogens (primary N) is 1. The van der Waals surface area contributed by atoms with Crippen molar-refractivity contribution >= 4 is 39.4 Å². The van der Waals surface area contributed by atoms with Gasteiger partial charge in [0.2, 0.25) is 23.5 Å². The first-order chi connectivity index (χ1) is 21.7. The molecule has 3 aliphatic carbocycles. The summed E-state index contributed by atoms with van der Waals surface area (Å²) in [5.74, 6) is -6.76. The number of rotatable bonds is 11. The van der Waals surface area contributed by atoms with E-state index in [9.17, 15) is 41.2 Å². The Hall–Kier alpha value is -2.84. The number of primary amides is 1. The van der Waals surface area contributed by atoms with Gasteiger partial charge in [0.25, 0.3) is 5.91 Å². The van der Waals surface area contributed by atoms with E-state index in [-0.39, 0.29) is 49.0 Å². The van der Waals surface area contributed by atoms with E-state index in [1.165, 1.54) is 25.7 Å². The molecule has 4 aliphatic rings. The molecule has 0 aromatic rings. The number of nitrogens with zero attached hydrogens (tertiary/aromatic N) is 1. The zero-order valence-electron chi connectivity index (χ0n) is 29.4. The summed E-state index contributed by atoms with van der Waals surface area (Å²) >= 11 is 0. The molecule has 4 fully saturated rings. The average Bonchev–Trinajstić information content (AvgIpc) is 3.78. The molecule has 1 saturated heterocycles. The van der Waals surface area contributed by atoms with Gasteiger partial charge in [0.05, 0.1) is 22.1 Å². The van der Waals surface area contributed by atoms with Gasteiger partial charge in [-0.25, -0.2) is 22.0 Å². The number of ketones is 1. The molecular formula is C33H53F2N5O7S. The lowest BCUT2D eigenvalue weighted by Crippen LogP contribution is -2.64. The number of hydrogen-bond acceptors (Lipinski definition) is 7. The fourth-order valence-electron chi connectivity index (χ4n) is 7.36. The molecule has 0 bridgehead atoms. The highest BCUT2D eigenvalue weighted by molar-refractivity contribution is 7.92. The number of urea groups is 1. The van der Waals surface area contributed by atoms with Crippen molar-refractivity contribution in [1.82, 2.24) is 20.9 Å². The molecule has 5 atom stereocenters. The van der Waals surface area contributed by atoms with Crippen molar-refractivity contribution in [3.05, 3.63) is 0 Å². The standard InChI is InChI=1S/C33H53F2N5O7S/c1-29(2,3)24(38-28(45)39-32(11-13-33(34,35)14-12-32)17-48(46,47)30(4,5)6)27(44)40-16-19-21(31(19,7)8)22(40)26(43)37-20(15-18-9-10-18)23(41)25(36)42/h18-22,24H,9-17H2,1-8H3,(H2,36,42)(H,37,43)(H2,38,39,45). The molecule has 1 heterocycles. The van der Waals surface area contributed by atoms with Crippen molar-refractivity contribution in [2.75, 3.05) is 12.3 Å². The summed E-state index contributed by atoms with van der Waals surface area (Å²) in [5.41, 5.74) is 2.64. The molecule has 3 saturated carbocycles. The Balaban J connectivity index is 1.57. The maximum Gasteiger partial charge on any atom is 0.315 e. The highest BCUT2D eigenvalue weighted by Crippen LogP contribution is 2.65. The van der Waals surface area contributed by atoms with E-state index in [4.69, 9.17) is 5.73 Å². The normalized spacial score (nSPS) is 27.2. The Morgan fingerprint density at radius 3 is 1.98 bits per heavy atom. The molecule has 1 aliphatic heterocycles. The van der Waals surface area contributed by atoms with Gasteiger partial charge in [-0.1, -0.05) is 47.5 Å². The number of halogens is 2. The maximum absolute atomic E-state index is 14.3. The van der Waals surface area contributed by atoms with E-state index in [1.54, 1.807) is 20.8 Å². The fourth-order valence-corrected chi connectivity index (χ4v) is 8.88. The minimum atomic E-state index is -3.84. The molecule has 5 unspecified atom stereocenters. The van der Waals surface area contributed by atoms with Crippen molar-refractivity contribution in [3.63, 3.8) is 0 Å². The van der Waals surface area contributed by atoms with Crippen LogP contribution in [0.25, 0.3) is 0 Å². The van der Waals surface area contributed by atoms with E-state index >= 15 is 0 Å². The Bertz CT molecular complexity index is 1440. The summed E-state index contributed by atoms with van der Waals surface area (Å²) in [6, 6.07) is -4.14. The predicted molar refractivity (Wildman–Crippen MR) is 174 cm³/mol. The van der Waals surface area contributed by atoms with E-state index in [0.29, 0.717) is 0 Å². The first-order valence-corrected chi connectivity index (χ1v) is 18.5. The number of nitrogens with one attached hydrogen (secondary N) is 3. The zero-order chi connectivity index (χ0) is 36.4. The van der Waals surface area contributed by atoms with Gasteiger partial charge >= 0.3 is 6.03 Å². The van der Waals surface area contributed by atoms with Crippen LogP contribution in [0.2, 0.25) is 0 Å². The van der Waals surface area contributed by atoms with Crippen molar-refractivity contribution in [2.45, 2.75) is 135 Å². The van der Waals surface area contributed by atoms with Crippen LogP contribution >= 0.6 is 0 Å². The third-order valence-electron chi connectivity index (χ3n) is 11.0. The van der Waals surface area contributed by atoms with E-state index in [2.05, 4.69) is 16.0 Å². The van der Waals surface area contributed by atoms with Crippen LogP contribution in [0.4, 0.5) is 13.6 Å².